The SMILES string of the molecule is Oc1ccc(Nc2nc(NCc3ccco3)nc(Nc3ccc(F)c(F)c3)n2)cc1. The van der Waals surface area contributed by atoms with Gasteiger partial charge < -0.3 is 25.5 Å². The number of aromatic nitrogens is 3. The molecule has 4 aromatic rings. The second-order valence-corrected chi connectivity index (χ2v) is 6.16. The number of phenols is 1. The molecule has 2 aromatic carbocycles. The first-order chi connectivity index (χ1) is 14.5. The molecule has 2 aromatic heterocycles. The molecular weight excluding hydrogens is 394 g/mol. The molecular formula is C20H16F2N6O2. The van der Waals surface area contributed by atoms with Crippen molar-refractivity contribution >= 4 is 29.2 Å². The zero-order valence-corrected chi connectivity index (χ0v) is 15.4. The van der Waals surface area contributed by atoms with Gasteiger partial charge in [0.05, 0.1) is 12.8 Å². The van der Waals surface area contributed by atoms with E-state index in [1.54, 1.807) is 30.5 Å². The Morgan fingerprint density at radius 1 is 0.800 bits per heavy atom. The second-order valence-electron chi connectivity index (χ2n) is 6.16. The van der Waals surface area contributed by atoms with E-state index in [0.717, 1.165) is 12.1 Å². The first-order valence-electron chi connectivity index (χ1n) is 8.85. The predicted octanol–water partition coefficient (Wildman–Crippen LogP) is 4.55. The Morgan fingerprint density at radius 3 is 2.13 bits per heavy atom. The first kappa shape index (κ1) is 19.1. The normalized spacial score (nSPS) is 10.6. The Labute approximate surface area is 169 Å². The summed E-state index contributed by atoms with van der Waals surface area (Å²) >= 11 is 0. The fourth-order valence-electron chi connectivity index (χ4n) is 2.52. The highest BCUT2D eigenvalue weighted by Crippen LogP contribution is 2.21. The minimum absolute atomic E-state index is 0.110. The molecule has 0 atom stereocenters. The minimum Gasteiger partial charge on any atom is -0.508 e. The fourth-order valence-corrected chi connectivity index (χ4v) is 2.52. The van der Waals surface area contributed by atoms with Crippen molar-refractivity contribution in [1.82, 2.24) is 15.0 Å². The number of nitrogens with zero attached hydrogens (tertiary/aromatic N) is 3. The van der Waals surface area contributed by atoms with Crippen molar-refractivity contribution in [1.29, 1.82) is 0 Å². The summed E-state index contributed by atoms with van der Waals surface area (Å²) in [5, 5.41) is 18.3. The lowest BCUT2D eigenvalue weighted by Crippen LogP contribution is -2.09. The van der Waals surface area contributed by atoms with Crippen LogP contribution in [0, 0.1) is 11.6 Å². The summed E-state index contributed by atoms with van der Waals surface area (Å²) in [6, 6.07) is 13.3. The fraction of sp³-hybridized carbons (Fsp3) is 0.0500. The topological polar surface area (TPSA) is 108 Å². The molecule has 0 saturated carbocycles. The maximum atomic E-state index is 13.5. The number of benzene rings is 2. The lowest BCUT2D eigenvalue weighted by Gasteiger charge is -2.11. The number of hydrogen-bond donors (Lipinski definition) is 4. The van der Waals surface area contributed by atoms with Gasteiger partial charge in [0.25, 0.3) is 0 Å². The van der Waals surface area contributed by atoms with Crippen molar-refractivity contribution in [3.05, 3.63) is 78.3 Å². The molecule has 4 rings (SSSR count). The second kappa shape index (κ2) is 8.43. The number of phenolic OH excluding ortho intramolecular Hbond substituents is 1. The van der Waals surface area contributed by atoms with Crippen LogP contribution in [0.2, 0.25) is 0 Å². The van der Waals surface area contributed by atoms with Crippen molar-refractivity contribution < 1.29 is 18.3 Å². The van der Waals surface area contributed by atoms with Gasteiger partial charge in [-0.25, -0.2) is 8.78 Å². The Hall–Kier alpha value is -4.21. The Kier molecular flexibility index (Phi) is 5.37. The van der Waals surface area contributed by atoms with Crippen LogP contribution in [0.4, 0.5) is 38.0 Å². The number of rotatable bonds is 7. The molecule has 0 spiro atoms. The molecule has 0 aliphatic carbocycles. The van der Waals surface area contributed by atoms with Crippen LogP contribution in [-0.2, 0) is 6.54 Å². The molecule has 10 heteroatoms. The highest BCUT2D eigenvalue weighted by atomic mass is 19.2. The van der Waals surface area contributed by atoms with Gasteiger partial charge in [-0.15, -0.1) is 0 Å². The van der Waals surface area contributed by atoms with E-state index < -0.39 is 11.6 Å². The monoisotopic (exact) mass is 410 g/mol. The molecule has 152 valence electrons. The first-order valence-corrected chi connectivity index (χ1v) is 8.85. The van der Waals surface area contributed by atoms with Crippen LogP contribution in [0.25, 0.3) is 0 Å². The Bertz CT molecular complexity index is 1140. The van der Waals surface area contributed by atoms with Gasteiger partial charge in [0, 0.05) is 17.4 Å². The molecule has 0 aliphatic rings. The molecule has 0 amide bonds. The van der Waals surface area contributed by atoms with Crippen molar-refractivity contribution in [2.24, 2.45) is 0 Å². The number of halogens is 2. The molecule has 8 nitrogen and oxygen atoms in total. The lowest BCUT2D eigenvalue weighted by molar-refractivity contribution is 0.475. The highest BCUT2D eigenvalue weighted by molar-refractivity contribution is 5.59. The van der Waals surface area contributed by atoms with E-state index in [9.17, 15) is 13.9 Å². The molecule has 0 saturated heterocycles. The third-order valence-corrected chi connectivity index (χ3v) is 3.94. The maximum absolute atomic E-state index is 13.5. The average molecular weight is 410 g/mol. The molecule has 2 heterocycles. The molecule has 0 radical (unpaired) electrons. The number of nitrogens with one attached hydrogen (secondary N) is 3. The van der Waals surface area contributed by atoms with E-state index >= 15 is 0 Å². The largest absolute Gasteiger partial charge is 0.508 e. The molecule has 4 N–H and O–H groups in total. The lowest BCUT2D eigenvalue weighted by atomic mass is 10.3. The summed E-state index contributed by atoms with van der Waals surface area (Å²) < 4.78 is 32.0. The molecule has 0 bridgehead atoms. The summed E-state index contributed by atoms with van der Waals surface area (Å²) in [6.45, 7) is 0.334. The van der Waals surface area contributed by atoms with Crippen LogP contribution in [0.5, 0.6) is 5.75 Å². The number of anilines is 5. The number of furan rings is 1. The number of hydrogen-bond acceptors (Lipinski definition) is 8. The quantitative estimate of drug-likeness (QED) is 0.329. The number of aromatic hydroxyl groups is 1. The van der Waals surface area contributed by atoms with E-state index in [1.807, 2.05) is 0 Å². The van der Waals surface area contributed by atoms with E-state index in [1.165, 1.54) is 18.2 Å². The summed E-state index contributed by atoms with van der Waals surface area (Å²) in [6.07, 6.45) is 1.55. The standard InChI is InChI=1S/C20H16F2N6O2/c21-16-8-5-13(10-17(16)22)25-20-27-18(23-11-15-2-1-9-30-15)26-19(28-20)24-12-3-6-14(29)7-4-12/h1-10,29H,11H2,(H3,23,24,25,26,27,28). The average Bonchev–Trinajstić information content (AvgIpc) is 3.25. The summed E-state index contributed by atoms with van der Waals surface area (Å²) in [4.78, 5) is 12.8. The summed E-state index contributed by atoms with van der Waals surface area (Å²) in [5.41, 5.74) is 0.905. The predicted molar refractivity (Wildman–Crippen MR) is 107 cm³/mol. The van der Waals surface area contributed by atoms with Gasteiger partial charge in [-0.05, 0) is 48.5 Å². The summed E-state index contributed by atoms with van der Waals surface area (Å²) in [5.74, 6) is -0.606. The van der Waals surface area contributed by atoms with E-state index in [-0.39, 0.29) is 29.3 Å². The molecule has 0 aliphatic heterocycles. The summed E-state index contributed by atoms with van der Waals surface area (Å²) in [7, 11) is 0. The Morgan fingerprint density at radius 2 is 1.47 bits per heavy atom. The smallest absolute Gasteiger partial charge is 0.233 e. The third-order valence-electron chi connectivity index (χ3n) is 3.94. The van der Waals surface area contributed by atoms with Crippen molar-refractivity contribution in [2.75, 3.05) is 16.0 Å². The van der Waals surface area contributed by atoms with E-state index in [4.69, 9.17) is 4.42 Å². The van der Waals surface area contributed by atoms with Crippen molar-refractivity contribution in [3.8, 4) is 5.75 Å². The minimum atomic E-state index is -0.993. The van der Waals surface area contributed by atoms with Crippen LogP contribution in [-0.4, -0.2) is 20.1 Å². The van der Waals surface area contributed by atoms with Crippen molar-refractivity contribution in [2.45, 2.75) is 6.54 Å². The highest BCUT2D eigenvalue weighted by Gasteiger charge is 2.10. The van der Waals surface area contributed by atoms with Crippen LogP contribution in [0.3, 0.4) is 0 Å². The Balaban J connectivity index is 1.60. The van der Waals surface area contributed by atoms with Gasteiger partial charge >= 0.3 is 0 Å². The van der Waals surface area contributed by atoms with Gasteiger partial charge in [0.2, 0.25) is 17.8 Å². The van der Waals surface area contributed by atoms with Crippen LogP contribution in [0.15, 0.2) is 65.3 Å². The van der Waals surface area contributed by atoms with E-state index in [0.29, 0.717) is 18.0 Å². The van der Waals surface area contributed by atoms with Gasteiger partial charge in [-0.2, -0.15) is 15.0 Å². The van der Waals surface area contributed by atoms with Crippen LogP contribution in [0.1, 0.15) is 5.76 Å². The van der Waals surface area contributed by atoms with E-state index in [2.05, 4.69) is 30.9 Å². The van der Waals surface area contributed by atoms with Crippen molar-refractivity contribution in [3.63, 3.8) is 0 Å². The third kappa shape index (κ3) is 4.79. The van der Waals surface area contributed by atoms with Gasteiger partial charge in [-0.1, -0.05) is 0 Å². The van der Waals surface area contributed by atoms with Gasteiger partial charge in [0.15, 0.2) is 11.6 Å². The molecule has 0 fully saturated rings. The van der Waals surface area contributed by atoms with Gasteiger partial charge in [0.1, 0.15) is 11.5 Å². The maximum Gasteiger partial charge on any atom is 0.233 e. The zero-order valence-electron chi connectivity index (χ0n) is 15.4. The molecule has 0 unspecified atom stereocenters. The van der Waals surface area contributed by atoms with Gasteiger partial charge in [-0.3, -0.25) is 0 Å². The van der Waals surface area contributed by atoms with Crippen LogP contribution < -0.4 is 16.0 Å². The zero-order chi connectivity index (χ0) is 20.9. The molecule has 30 heavy (non-hydrogen) atoms. The van der Waals surface area contributed by atoms with Crippen LogP contribution >= 0.6 is 0 Å².